The number of nitrogens with zero attached hydrogens (tertiary/aromatic N) is 1. The van der Waals surface area contributed by atoms with E-state index in [1.807, 2.05) is 0 Å². The number of hydrogen-bond donors (Lipinski definition) is 1. The number of likely N-dealkylation sites (N-methyl/N-ethyl adjacent to an activating group) is 1. The highest BCUT2D eigenvalue weighted by Crippen LogP contribution is 2.28. The first-order chi connectivity index (χ1) is 14.8. The van der Waals surface area contributed by atoms with Crippen molar-refractivity contribution in [1.82, 2.24) is 4.90 Å². The van der Waals surface area contributed by atoms with Gasteiger partial charge in [0.05, 0.1) is 19.2 Å². The summed E-state index contributed by atoms with van der Waals surface area (Å²) in [5.41, 5.74) is 5.20. The van der Waals surface area contributed by atoms with E-state index in [0.717, 1.165) is 0 Å². The van der Waals surface area contributed by atoms with Gasteiger partial charge >= 0.3 is 5.97 Å². The van der Waals surface area contributed by atoms with Crippen LogP contribution in [0.4, 0.5) is 0 Å². The number of hydrogen-bond acceptors (Lipinski definition) is 7. The van der Waals surface area contributed by atoms with Crippen LogP contribution in [0.25, 0.3) is 0 Å². The van der Waals surface area contributed by atoms with Gasteiger partial charge in [0.1, 0.15) is 12.4 Å². The average Bonchev–Trinajstić information content (AvgIpc) is 2.76. The first kappa shape index (κ1) is 23.8. The van der Waals surface area contributed by atoms with E-state index in [1.165, 1.54) is 30.2 Å². The van der Waals surface area contributed by atoms with Crippen molar-refractivity contribution in [1.29, 1.82) is 0 Å². The monoisotopic (exact) mass is 450 g/mol. The van der Waals surface area contributed by atoms with E-state index in [0.29, 0.717) is 17.3 Å². The highest BCUT2D eigenvalue weighted by Gasteiger charge is 2.16. The van der Waals surface area contributed by atoms with E-state index >= 15 is 0 Å². The second kappa shape index (κ2) is 11.7. The van der Waals surface area contributed by atoms with Gasteiger partial charge in [-0.05, 0) is 42.5 Å². The highest BCUT2D eigenvalue weighted by atomic mass is 35.5. The van der Waals surface area contributed by atoms with Crippen LogP contribution in [0.3, 0.4) is 0 Å². The van der Waals surface area contributed by atoms with Crippen molar-refractivity contribution in [3.05, 3.63) is 53.1 Å². The number of primary amides is 1. The van der Waals surface area contributed by atoms with Crippen LogP contribution in [0.15, 0.2) is 42.5 Å². The van der Waals surface area contributed by atoms with Gasteiger partial charge in [-0.15, -0.1) is 0 Å². The molecule has 0 spiro atoms. The Labute approximate surface area is 184 Å². The molecule has 0 aliphatic carbocycles. The Balaban J connectivity index is 1.81. The van der Waals surface area contributed by atoms with Crippen molar-refractivity contribution in [2.45, 2.75) is 0 Å². The molecule has 9 nitrogen and oxygen atoms in total. The highest BCUT2D eigenvalue weighted by molar-refractivity contribution is 6.30. The summed E-state index contributed by atoms with van der Waals surface area (Å²) in [6, 6.07) is 11.1. The third-order valence-electron chi connectivity index (χ3n) is 4.03. The van der Waals surface area contributed by atoms with Crippen molar-refractivity contribution >= 4 is 29.4 Å². The maximum atomic E-state index is 12.2. The van der Waals surface area contributed by atoms with Crippen LogP contribution in [0, 0.1) is 0 Å². The molecule has 10 heteroatoms. The number of amides is 2. The molecule has 31 heavy (non-hydrogen) atoms. The first-order valence-electron chi connectivity index (χ1n) is 9.18. The second-order valence-electron chi connectivity index (χ2n) is 6.31. The van der Waals surface area contributed by atoms with Crippen molar-refractivity contribution in [3.63, 3.8) is 0 Å². The van der Waals surface area contributed by atoms with Crippen LogP contribution < -0.4 is 19.9 Å². The fourth-order valence-corrected chi connectivity index (χ4v) is 2.47. The molecule has 0 fully saturated rings. The van der Waals surface area contributed by atoms with Crippen LogP contribution in [-0.2, 0) is 14.3 Å². The Morgan fingerprint density at radius 1 is 1.00 bits per heavy atom. The maximum absolute atomic E-state index is 12.2. The van der Waals surface area contributed by atoms with E-state index in [1.54, 1.807) is 31.3 Å². The summed E-state index contributed by atoms with van der Waals surface area (Å²) in [5.74, 6) is -0.645. The molecule has 2 amide bonds. The summed E-state index contributed by atoms with van der Waals surface area (Å²) in [4.78, 5) is 36.7. The van der Waals surface area contributed by atoms with Gasteiger partial charge in [-0.25, -0.2) is 4.79 Å². The molecule has 0 aliphatic rings. The zero-order chi connectivity index (χ0) is 22.8. The number of carbonyl (C=O) groups is 3. The molecule has 0 atom stereocenters. The minimum Gasteiger partial charge on any atom is -0.493 e. The normalized spacial score (nSPS) is 10.2. The molecule has 166 valence electrons. The number of carbonyl (C=O) groups excluding carboxylic acids is 3. The van der Waals surface area contributed by atoms with E-state index in [-0.39, 0.29) is 36.2 Å². The second-order valence-corrected chi connectivity index (χ2v) is 6.75. The Morgan fingerprint density at radius 2 is 1.71 bits per heavy atom. The number of nitrogens with two attached hydrogens (primary N) is 1. The lowest BCUT2D eigenvalue weighted by Crippen LogP contribution is -2.34. The topological polar surface area (TPSA) is 117 Å². The Kier molecular flexibility index (Phi) is 8.95. The summed E-state index contributed by atoms with van der Waals surface area (Å²) >= 11 is 5.81. The lowest BCUT2D eigenvalue weighted by atomic mass is 10.2. The third-order valence-corrected chi connectivity index (χ3v) is 4.28. The van der Waals surface area contributed by atoms with Gasteiger partial charge in [0.25, 0.3) is 11.8 Å². The molecule has 0 unspecified atom stereocenters. The summed E-state index contributed by atoms with van der Waals surface area (Å²) in [6.07, 6.45) is 0. The van der Waals surface area contributed by atoms with Gasteiger partial charge in [0.15, 0.2) is 24.7 Å². The first-order valence-corrected chi connectivity index (χ1v) is 9.56. The molecule has 0 radical (unpaired) electrons. The van der Waals surface area contributed by atoms with E-state index in [4.69, 9.17) is 36.3 Å². The SMILES string of the molecule is COc1cc(C(=O)OCC(=O)N(C)CCOc2ccc(Cl)cc2)ccc1OCC(N)=O. The number of methoxy groups -OCH3 is 1. The lowest BCUT2D eigenvalue weighted by molar-refractivity contribution is -0.133. The molecule has 0 heterocycles. The Hall–Kier alpha value is -3.46. The molecule has 2 rings (SSSR count). The number of ether oxygens (including phenoxy) is 4. The molecular weight excluding hydrogens is 428 g/mol. The van der Waals surface area contributed by atoms with Gasteiger partial charge in [0.2, 0.25) is 0 Å². The van der Waals surface area contributed by atoms with Crippen molar-refractivity contribution in [3.8, 4) is 17.2 Å². The van der Waals surface area contributed by atoms with Crippen molar-refractivity contribution < 1.29 is 33.3 Å². The largest absolute Gasteiger partial charge is 0.493 e. The number of rotatable bonds is 11. The number of benzene rings is 2. The maximum Gasteiger partial charge on any atom is 0.338 e. The van der Waals surface area contributed by atoms with Crippen LogP contribution in [0.2, 0.25) is 5.02 Å². The summed E-state index contributed by atoms with van der Waals surface area (Å²) in [6.45, 7) is -0.193. The van der Waals surface area contributed by atoms with Crippen LogP contribution >= 0.6 is 11.6 Å². The molecule has 0 aliphatic heterocycles. The van der Waals surface area contributed by atoms with Crippen molar-refractivity contribution in [2.24, 2.45) is 5.73 Å². The van der Waals surface area contributed by atoms with Gasteiger partial charge in [0, 0.05) is 12.1 Å². The van der Waals surface area contributed by atoms with Gasteiger partial charge in [-0.3, -0.25) is 9.59 Å². The van der Waals surface area contributed by atoms with E-state index < -0.39 is 18.5 Å². The minimum atomic E-state index is -0.709. The smallest absolute Gasteiger partial charge is 0.338 e. The summed E-state index contributed by atoms with van der Waals surface area (Å²) in [7, 11) is 2.96. The van der Waals surface area contributed by atoms with Crippen LogP contribution in [-0.4, -0.2) is 63.2 Å². The molecule has 0 saturated heterocycles. The summed E-state index contributed by atoms with van der Waals surface area (Å²) in [5, 5.41) is 0.604. The third kappa shape index (κ3) is 7.71. The van der Waals surface area contributed by atoms with Gasteiger partial charge < -0.3 is 29.6 Å². The standard InChI is InChI=1S/C21H23ClN2O7/c1-24(9-10-29-16-6-4-15(22)5-7-16)20(26)13-31-21(27)14-3-8-17(18(11-14)28-2)30-12-19(23)25/h3-8,11H,9-10,12-13H2,1-2H3,(H2,23,25). The van der Waals surface area contributed by atoms with Crippen molar-refractivity contribution in [2.75, 3.05) is 40.5 Å². The minimum absolute atomic E-state index is 0.157. The zero-order valence-electron chi connectivity index (χ0n) is 17.1. The Bertz CT molecular complexity index is 918. The molecular formula is C21H23ClN2O7. The molecule has 2 aromatic rings. The van der Waals surface area contributed by atoms with E-state index in [2.05, 4.69) is 0 Å². The van der Waals surface area contributed by atoms with E-state index in [9.17, 15) is 14.4 Å². The lowest BCUT2D eigenvalue weighted by Gasteiger charge is -2.17. The molecule has 0 bridgehead atoms. The quantitative estimate of drug-likeness (QED) is 0.519. The van der Waals surface area contributed by atoms with Gasteiger partial charge in [-0.2, -0.15) is 0 Å². The average molecular weight is 451 g/mol. The molecule has 2 N–H and O–H groups in total. The zero-order valence-corrected chi connectivity index (χ0v) is 17.9. The molecule has 0 aromatic heterocycles. The predicted molar refractivity (Wildman–Crippen MR) is 113 cm³/mol. The predicted octanol–water partition coefficient (Wildman–Crippen LogP) is 1.91. The number of esters is 1. The summed E-state index contributed by atoms with van der Waals surface area (Å²) < 4.78 is 20.9. The van der Waals surface area contributed by atoms with Gasteiger partial charge in [-0.1, -0.05) is 11.6 Å². The number of halogens is 1. The molecule has 2 aromatic carbocycles. The Morgan fingerprint density at radius 3 is 2.35 bits per heavy atom. The molecule has 0 saturated carbocycles. The van der Waals surface area contributed by atoms with Crippen LogP contribution in [0.5, 0.6) is 17.2 Å². The van der Waals surface area contributed by atoms with Crippen LogP contribution in [0.1, 0.15) is 10.4 Å². The fourth-order valence-electron chi connectivity index (χ4n) is 2.34. The fraction of sp³-hybridized carbons (Fsp3) is 0.286.